The van der Waals surface area contributed by atoms with Gasteiger partial charge in [0.1, 0.15) is 0 Å². The Morgan fingerprint density at radius 2 is 1.77 bits per heavy atom. The fourth-order valence-electron chi connectivity index (χ4n) is 3.98. The maximum absolute atomic E-state index is 4.32. The number of piperazine rings is 1. The van der Waals surface area contributed by atoms with Crippen molar-refractivity contribution in [1.29, 1.82) is 0 Å². The van der Waals surface area contributed by atoms with E-state index in [2.05, 4.69) is 64.2 Å². The largest absolute Gasteiger partial charge is 0.368 e. The summed E-state index contributed by atoms with van der Waals surface area (Å²) in [6, 6.07) is 16.6. The first-order valence-corrected chi connectivity index (χ1v) is 8.27. The lowest BCUT2D eigenvalue weighted by atomic mass is 10.1. The van der Waals surface area contributed by atoms with Crippen molar-refractivity contribution in [1.82, 2.24) is 9.88 Å². The van der Waals surface area contributed by atoms with Crippen molar-refractivity contribution in [2.45, 2.75) is 38.4 Å². The van der Waals surface area contributed by atoms with Crippen LogP contribution in [0.25, 0.3) is 0 Å². The summed E-state index contributed by atoms with van der Waals surface area (Å²) in [7, 11) is 0. The molecule has 0 saturated carbocycles. The van der Waals surface area contributed by atoms with E-state index in [9.17, 15) is 0 Å². The fourth-order valence-corrected chi connectivity index (χ4v) is 3.98. The number of aromatic nitrogens is 1. The SMILES string of the molecule is Cc1cc(N2CC3CCC(C2)N3Cc2ccccc2)ccn1. The molecule has 2 saturated heterocycles. The molecule has 0 N–H and O–H groups in total. The smallest absolute Gasteiger partial charge is 0.0400 e. The summed E-state index contributed by atoms with van der Waals surface area (Å²) in [5.41, 5.74) is 3.88. The molecule has 1 aromatic carbocycles. The number of nitrogens with zero attached hydrogens (tertiary/aromatic N) is 3. The maximum atomic E-state index is 4.32. The molecule has 2 aliphatic heterocycles. The van der Waals surface area contributed by atoms with Gasteiger partial charge in [0.25, 0.3) is 0 Å². The molecule has 2 atom stereocenters. The third-order valence-corrected chi connectivity index (χ3v) is 5.09. The first-order chi connectivity index (χ1) is 10.8. The van der Waals surface area contributed by atoms with Gasteiger partial charge in [0.05, 0.1) is 0 Å². The molecule has 0 aliphatic carbocycles. The lowest BCUT2D eigenvalue weighted by Crippen LogP contribution is -2.53. The molecule has 0 spiro atoms. The van der Waals surface area contributed by atoms with E-state index < -0.39 is 0 Å². The van der Waals surface area contributed by atoms with Crippen LogP contribution < -0.4 is 4.90 Å². The molecule has 0 amide bonds. The van der Waals surface area contributed by atoms with Gasteiger partial charge in [-0.1, -0.05) is 30.3 Å². The zero-order valence-electron chi connectivity index (χ0n) is 13.2. The summed E-state index contributed by atoms with van der Waals surface area (Å²) in [6.07, 6.45) is 4.60. The maximum Gasteiger partial charge on any atom is 0.0400 e. The highest BCUT2D eigenvalue weighted by Gasteiger charge is 2.39. The number of fused-ring (bicyclic) bond motifs is 2. The molecule has 3 heteroatoms. The Morgan fingerprint density at radius 3 is 2.45 bits per heavy atom. The van der Waals surface area contributed by atoms with E-state index in [4.69, 9.17) is 0 Å². The van der Waals surface area contributed by atoms with Crippen LogP contribution in [0.5, 0.6) is 0 Å². The van der Waals surface area contributed by atoms with E-state index in [1.54, 1.807) is 0 Å². The standard InChI is InChI=1S/C19H23N3/c1-15-11-17(9-10-20-15)21-13-18-7-8-19(14-21)22(18)12-16-5-3-2-4-6-16/h2-6,9-11,18-19H,7-8,12-14H2,1H3. The molecule has 2 unspecified atom stereocenters. The highest BCUT2D eigenvalue weighted by molar-refractivity contribution is 5.47. The number of benzene rings is 1. The number of hydrogen-bond donors (Lipinski definition) is 0. The van der Waals surface area contributed by atoms with Crippen molar-refractivity contribution >= 4 is 5.69 Å². The number of rotatable bonds is 3. The van der Waals surface area contributed by atoms with Gasteiger partial charge in [-0.05, 0) is 37.5 Å². The summed E-state index contributed by atoms with van der Waals surface area (Å²) < 4.78 is 0. The molecule has 4 rings (SSSR count). The van der Waals surface area contributed by atoms with E-state index >= 15 is 0 Å². The molecule has 2 fully saturated rings. The molecule has 2 aliphatic rings. The quantitative estimate of drug-likeness (QED) is 0.866. The van der Waals surface area contributed by atoms with Crippen LogP contribution in [-0.2, 0) is 6.54 Å². The first kappa shape index (κ1) is 13.8. The van der Waals surface area contributed by atoms with Crippen molar-refractivity contribution in [3.63, 3.8) is 0 Å². The number of pyridine rings is 1. The van der Waals surface area contributed by atoms with Gasteiger partial charge < -0.3 is 4.90 Å². The van der Waals surface area contributed by atoms with E-state index in [0.29, 0.717) is 12.1 Å². The van der Waals surface area contributed by atoms with Crippen LogP contribution in [0.15, 0.2) is 48.7 Å². The summed E-state index contributed by atoms with van der Waals surface area (Å²) in [5.74, 6) is 0. The van der Waals surface area contributed by atoms with E-state index in [0.717, 1.165) is 25.3 Å². The minimum absolute atomic E-state index is 0.687. The molecule has 2 bridgehead atoms. The third-order valence-electron chi connectivity index (χ3n) is 5.09. The second kappa shape index (κ2) is 5.73. The molecule has 1 aromatic heterocycles. The molecular weight excluding hydrogens is 270 g/mol. The van der Waals surface area contributed by atoms with Crippen molar-refractivity contribution < 1.29 is 0 Å². The summed E-state index contributed by atoms with van der Waals surface area (Å²) in [4.78, 5) is 9.60. The predicted octanol–water partition coefficient (Wildman–Crippen LogP) is 3.24. The zero-order chi connectivity index (χ0) is 14.9. The van der Waals surface area contributed by atoms with Crippen LogP contribution in [-0.4, -0.2) is 35.1 Å². The number of hydrogen-bond acceptors (Lipinski definition) is 3. The van der Waals surface area contributed by atoms with Crippen molar-refractivity contribution in [2.24, 2.45) is 0 Å². The minimum Gasteiger partial charge on any atom is -0.368 e. The van der Waals surface area contributed by atoms with Crippen molar-refractivity contribution in [2.75, 3.05) is 18.0 Å². The van der Waals surface area contributed by atoms with E-state index in [-0.39, 0.29) is 0 Å². The van der Waals surface area contributed by atoms with Gasteiger partial charge in [-0.15, -0.1) is 0 Å². The van der Waals surface area contributed by atoms with Crippen LogP contribution in [0.2, 0.25) is 0 Å². The molecular formula is C19H23N3. The van der Waals surface area contributed by atoms with Crippen molar-refractivity contribution in [3.8, 4) is 0 Å². The van der Waals surface area contributed by atoms with Crippen molar-refractivity contribution in [3.05, 3.63) is 59.9 Å². The predicted molar refractivity (Wildman–Crippen MR) is 90.0 cm³/mol. The van der Waals surface area contributed by atoms with Gasteiger partial charge in [-0.3, -0.25) is 9.88 Å². The molecule has 3 nitrogen and oxygen atoms in total. The minimum atomic E-state index is 0.687. The fraction of sp³-hybridized carbons (Fsp3) is 0.421. The van der Waals surface area contributed by atoms with E-state index in [1.165, 1.54) is 24.1 Å². The Labute approximate surface area is 132 Å². The zero-order valence-corrected chi connectivity index (χ0v) is 13.2. The van der Waals surface area contributed by atoms with Crippen LogP contribution >= 0.6 is 0 Å². The average Bonchev–Trinajstić information content (AvgIpc) is 2.78. The van der Waals surface area contributed by atoms with Gasteiger partial charge in [0, 0.05) is 49.3 Å². The number of anilines is 1. The molecule has 22 heavy (non-hydrogen) atoms. The highest BCUT2D eigenvalue weighted by atomic mass is 15.3. The van der Waals surface area contributed by atoms with Gasteiger partial charge in [-0.2, -0.15) is 0 Å². The van der Waals surface area contributed by atoms with Gasteiger partial charge in [0.15, 0.2) is 0 Å². The molecule has 2 aromatic rings. The summed E-state index contributed by atoms with van der Waals surface area (Å²) >= 11 is 0. The third kappa shape index (κ3) is 2.61. The summed E-state index contributed by atoms with van der Waals surface area (Å²) in [6.45, 7) is 5.46. The second-order valence-corrected chi connectivity index (χ2v) is 6.60. The molecule has 3 heterocycles. The van der Waals surface area contributed by atoms with Gasteiger partial charge in [-0.25, -0.2) is 0 Å². The van der Waals surface area contributed by atoms with Gasteiger partial charge >= 0.3 is 0 Å². The average molecular weight is 293 g/mol. The van der Waals surface area contributed by atoms with Crippen LogP contribution in [0.4, 0.5) is 5.69 Å². The topological polar surface area (TPSA) is 19.4 Å². The van der Waals surface area contributed by atoms with Crippen LogP contribution in [0.3, 0.4) is 0 Å². The van der Waals surface area contributed by atoms with Crippen LogP contribution in [0.1, 0.15) is 24.1 Å². The second-order valence-electron chi connectivity index (χ2n) is 6.60. The Bertz CT molecular complexity index is 626. The number of aryl methyl sites for hydroxylation is 1. The lowest BCUT2D eigenvalue weighted by Gasteiger charge is -2.42. The monoisotopic (exact) mass is 293 g/mol. The van der Waals surface area contributed by atoms with Gasteiger partial charge in [0.2, 0.25) is 0 Å². The molecule has 0 radical (unpaired) electrons. The highest BCUT2D eigenvalue weighted by Crippen LogP contribution is 2.33. The van der Waals surface area contributed by atoms with Crippen LogP contribution in [0, 0.1) is 6.92 Å². The Hall–Kier alpha value is -1.87. The summed E-state index contributed by atoms with van der Waals surface area (Å²) in [5, 5.41) is 0. The Balaban J connectivity index is 1.50. The molecule has 114 valence electrons. The normalized spacial score (nSPS) is 24.7. The first-order valence-electron chi connectivity index (χ1n) is 8.27. The van der Waals surface area contributed by atoms with E-state index in [1.807, 2.05) is 6.20 Å². The Morgan fingerprint density at radius 1 is 1.05 bits per heavy atom. The Kier molecular flexibility index (Phi) is 3.59. The lowest BCUT2D eigenvalue weighted by molar-refractivity contribution is 0.160.